The molecule has 4 N–H and O–H groups in total. The zero-order valence-electron chi connectivity index (χ0n) is 18.9. The van der Waals surface area contributed by atoms with Gasteiger partial charge in [-0.3, -0.25) is 4.98 Å². The van der Waals surface area contributed by atoms with E-state index in [0.29, 0.717) is 6.54 Å². The highest BCUT2D eigenvalue weighted by Crippen LogP contribution is 2.19. The molecular weight excluding hydrogens is 375 g/mol. The SMILES string of the molecule is C=C(CCN)/C(=C/NCc1cnc(CCCP)c(C)c1)C(/C=C(/C)CCC)NC. The minimum absolute atomic E-state index is 0.127. The molecule has 1 rings (SSSR count). The lowest BCUT2D eigenvalue weighted by atomic mass is 9.95. The van der Waals surface area contributed by atoms with Crippen molar-refractivity contribution < 1.29 is 0 Å². The topological polar surface area (TPSA) is 63.0 Å². The van der Waals surface area contributed by atoms with Crippen LogP contribution in [-0.2, 0) is 13.0 Å². The fraction of sp³-hybridized carbons (Fsp3) is 0.542. The molecule has 0 aromatic carbocycles. The second-order valence-electron chi connectivity index (χ2n) is 7.65. The molecule has 0 saturated carbocycles. The molecule has 0 bridgehead atoms. The van der Waals surface area contributed by atoms with Crippen LogP contribution in [-0.4, -0.2) is 30.8 Å². The van der Waals surface area contributed by atoms with Crippen molar-refractivity contribution in [2.75, 3.05) is 19.8 Å². The molecule has 1 aromatic rings. The van der Waals surface area contributed by atoms with E-state index in [0.717, 1.165) is 56.0 Å². The fourth-order valence-electron chi connectivity index (χ4n) is 3.39. The summed E-state index contributed by atoms with van der Waals surface area (Å²) >= 11 is 0. The Balaban J connectivity index is 2.93. The van der Waals surface area contributed by atoms with Crippen LogP contribution in [0.4, 0.5) is 0 Å². The Bertz CT molecular complexity index is 694. The lowest BCUT2D eigenvalue weighted by Crippen LogP contribution is -2.28. The van der Waals surface area contributed by atoms with Crippen molar-refractivity contribution in [1.29, 1.82) is 0 Å². The van der Waals surface area contributed by atoms with Crippen LogP contribution in [0, 0.1) is 6.92 Å². The smallest absolute Gasteiger partial charge is 0.0523 e. The van der Waals surface area contributed by atoms with Gasteiger partial charge >= 0.3 is 0 Å². The summed E-state index contributed by atoms with van der Waals surface area (Å²) in [5.41, 5.74) is 13.1. The second-order valence-corrected chi connectivity index (χ2v) is 8.23. The number of allylic oxidation sites excluding steroid dienone is 1. The molecule has 1 heterocycles. The zero-order valence-corrected chi connectivity index (χ0v) is 20.0. The van der Waals surface area contributed by atoms with Gasteiger partial charge in [0.05, 0.1) is 6.04 Å². The largest absolute Gasteiger partial charge is 0.386 e. The van der Waals surface area contributed by atoms with Crippen LogP contribution in [0.3, 0.4) is 0 Å². The highest BCUT2D eigenvalue weighted by Gasteiger charge is 2.13. The van der Waals surface area contributed by atoms with E-state index in [9.17, 15) is 0 Å². The number of rotatable bonds is 14. The van der Waals surface area contributed by atoms with Crippen LogP contribution in [0.15, 0.2) is 47.8 Å². The first kappa shape index (κ1) is 25.6. The Morgan fingerprint density at radius 2 is 2.14 bits per heavy atom. The van der Waals surface area contributed by atoms with E-state index in [2.05, 4.69) is 70.5 Å². The van der Waals surface area contributed by atoms with Crippen molar-refractivity contribution in [3.8, 4) is 0 Å². The summed E-state index contributed by atoms with van der Waals surface area (Å²) in [4.78, 5) is 4.66. The van der Waals surface area contributed by atoms with E-state index in [1.54, 1.807) is 0 Å². The predicted molar refractivity (Wildman–Crippen MR) is 131 cm³/mol. The summed E-state index contributed by atoms with van der Waals surface area (Å²) in [7, 11) is 4.77. The molecule has 2 atom stereocenters. The summed E-state index contributed by atoms with van der Waals surface area (Å²) in [6, 6.07) is 2.36. The maximum atomic E-state index is 5.79. The number of aryl methyl sites for hydroxylation is 2. The monoisotopic (exact) mass is 416 g/mol. The summed E-state index contributed by atoms with van der Waals surface area (Å²) in [5, 5.41) is 6.89. The predicted octanol–water partition coefficient (Wildman–Crippen LogP) is 4.41. The van der Waals surface area contributed by atoms with E-state index in [1.165, 1.54) is 22.4 Å². The van der Waals surface area contributed by atoms with Gasteiger partial charge in [-0.2, -0.15) is 0 Å². The Morgan fingerprint density at radius 1 is 1.38 bits per heavy atom. The normalized spacial score (nSPS) is 13.4. The minimum atomic E-state index is 0.127. The lowest BCUT2D eigenvalue weighted by molar-refractivity contribution is 0.721. The Hall–Kier alpha value is -1.48. The quantitative estimate of drug-likeness (QED) is 0.239. The van der Waals surface area contributed by atoms with Gasteiger partial charge < -0.3 is 16.4 Å². The van der Waals surface area contributed by atoms with Crippen LogP contribution >= 0.6 is 9.24 Å². The molecule has 29 heavy (non-hydrogen) atoms. The number of aromatic nitrogens is 1. The zero-order chi connectivity index (χ0) is 21.6. The summed E-state index contributed by atoms with van der Waals surface area (Å²) in [6.45, 7) is 12.2. The molecule has 4 nitrogen and oxygen atoms in total. The van der Waals surface area contributed by atoms with Gasteiger partial charge in [0.1, 0.15) is 0 Å². The number of nitrogens with two attached hydrogens (primary N) is 1. The van der Waals surface area contributed by atoms with E-state index in [4.69, 9.17) is 5.73 Å². The molecule has 0 aliphatic carbocycles. The third kappa shape index (κ3) is 9.25. The van der Waals surface area contributed by atoms with Gasteiger partial charge in [-0.15, -0.1) is 9.24 Å². The maximum absolute atomic E-state index is 5.79. The van der Waals surface area contributed by atoms with Crippen molar-refractivity contribution in [1.82, 2.24) is 15.6 Å². The van der Waals surface area contributed by atoms with E-state index in [-0.39, 0.29) is 6.04 Å². The minimum Gasteiger partial charge on any atom is -0.386 e. The molecule has 0 saturated heterocycles. The van der Waals surface area contributed by atoms with Crippen LogP contribution in [0.1, 0.15) is 56.4 Å². The molecule has 2 unspecified atom stereocenters. The number of nitrogens with one attached hydrogen (secondary N) is 2. The Morgan fingerprint density at radius 3 is 2.72 bits per heavy atom. The molecule has 0 fully saturated rings. The van der Waals surface area contributed by atoms with Gasteiger partial charge in [-0.1, -0.05) is 37.6 Å². The van der Waals surface area contributed by atoms with Crippen LogP contribution in [0.25, 0.3) is 0 Å². The molecule has 162 valence electrons. The Kier molecular flexibility index (Phi) is 12.8. The van der Waals surface area contributed by atoms with Crippen molar-refractivity contribution in [3.05, 3.63) is 64.7 Å². The van der Waals surface area contributed by atoms with Gasteiger partial charge in [0, 0.05) is 24.6 Å². The van der Waals surface area contributed by atoms with Gasteiger partial charge in [-0.25, -0.2) is 0 Å². The van der Waals surface area contributed by atoms with E-state index in [1.807, 2.05) is 13.2 Å². The van der Waals surface area contributed by atoms with Crippen molar-refractivity contribution in [3.63, 3.8) is 0 Å². The van der Waals surface area contributed by atoms with Crippen LogP contribution in [0.2, 0.25) is 0 Å². The molecule has 1 aromatic heterocycles. The first-order valence-corrected chi connectivity index (χ1v) is 11.6. The average molecular weight is 417 g/mol. The van der Waals surface area contributed by atoms with Gasteiger partial charge in [-0.05, 0) is 81.6 Å². The molecule has 5 heteroatoms. The van der Waals surface area contributed by atoms with E-state index < -0.39 is 0 Å². The standard InChI is InChI=1S/C24H41N4P/c1-6-8-18(2)13-24(26-5)22(19(3)10-11-25)17-27-15-21-14-20(4)23(28-16-21)9-7-12-29/h13-14,16-17,24,26-27H,3,6-12,15,25,29H2,1-2,4-5H3/b18-13-,22-17-. The Labute approximate surface area is 180 Å². The maximum Gasteiger partial charge on any atom is 0.0523 e. The molecule has 0 radical (unpaired) electrons. The lowest BCUT2D eigenvalue weighted by Gasteiger charge is -2.20. The fourth-order valence-corrected chi connectivity index (χ4v) is 3.59. The van der Waals surface area contributed by atoms with Crippen molar-refractivity contribution in [2.45, 2.75) is 65.5 Å². The molecule has 0 spiro atoms. The highest BCUT2D eigenvalue weighted by molar-refractivity contribution is 7.16. The number of hydrogen-bond acceptors (Lipinski definition) is 4. The first-order valence-electron chi connectivity index (χ1n) is 10.8. The number of hydrogen-bond donors (Lipinski definition) is 3. The van der Waals surface area contributed by atoms with Crippen molar-refractivity contribution in [2.24, 2.45) is 5.73 Å². The van der Waals surface area contributed by atoms with Gasteiger partial charge in [0.2, 0.25) is 0 Å². The molecular formula is C24H41N4P. The number of pyridine rings is 1. The molecule has 0 amide bonds. The average Bonchev–Trinajstić information content (AvgIpc) is 2.69. The van der Waals surface area contributed by atoms with Gasteiger partial charge in [0.15, 0.2) is 0 Å². The molecule has 0 aliphatic heterocycles. The van der Waals surface area contributed by atoms with Gasteiger partial charge in [0.25, 0.3) is 0 Å². The summed E-state index contributed by atoms with van der Waals surface area (Å²) in [6.07, 6.45) is 12.7. The summed E-state index contributed by atoms with van der Waals surface area (Å²) < 4.78 is 0. The van der Waals surface area contributed by atoms with Crippen LogP contribution in [0.5, 0.6) is 0 Å². The third-order valence-corrected chi connectivity index (χ3v) is 5.43. The molecule has 0 aliphatic rings. The first-order chi connectivity index (χ1) is 14.0. The van der Waals surface area contributed by atoms with Crippen molar-refractivity contribution >= 4 is 9.24 Å². The third-order valence-electron chi connectivity index (χ3n) is 5.02. The van der Waals surface area contributed by atoms with E-state index >= 15 is 0 Å². The van der Waals surface area contributed by atoms with Crippen LogP contribution < -0.4 is 16.4 Å². The summed E-state index contributed by atoms with van der Waals surface area (Å²) in [5.74, 6) is 0. The number of likely N-dealkylation sites (N-methyl/N-ethyl adjacent to an activating group) is 1. The highest BCUT2D eigenvalue weighted by atomic mass is 31.0. The second kappa shape index (κ2) is 14.5. The number of nitrogens with zero attached hydrogens (tertiary/aromatic N) is 1.